The summed E-state index contributed by atoms with van der Waals surface area (Å²) >= 11 is 0. The van der Waals surface area contributed by atoms with Gasteiger partial charge in [0.2, 0.25) is 0 Å². The molecule has 0 bridgehead atoms. The van der Waals surface area contributed by atoms with Crippen LogP contribution in [0.25, 0.3) is 0 Å². The Balaban J connectivity index is 2.52. The van der Waals surface area contributed by atoms with E-state index in [1.54, 1.807) is 7.05 Å². The van der Waals surface area contributed by atoms with Gasteiger partial charge in [0.05, 0.1) is 0 Å². The first-order chi connectivity index (χ1) is 5.95. The molecule has 1 atom stereocenters. The van der Waals surface area contributed by atoms with Crippen molar-refractivity contribution in [3.63, 3.8) is 0 Å². The average Bonchev–Trinajstić information content (AvgIpc) is 2.48. The lowest BCUT2D eigenvalue weighted by Gasteiger charge is -2.17. The number of carbonyl (C=O) groups is 1. The molecule has 1 N–H and O–H groups in total. The molecule has 1 amide bonds. The molecule has 0 aromatic rings. The Morgan fingerprint density at radius 3 is 2.54 bits per heavy atom. The van der Waals surface area contributed by atoms with E-state index in [-0.39, 0.29) is 19.1 Å². The average molecular weight is 196 g/mol. The van der Waals surface area contributed by atoms with E-state index in [0.29, 0.717) is 6.42 Å². The summed E-state index contributed by atoms with van der Waals surface area (Å²) in [6, 6.07) is -0.00806. The fourth-order valence-electron chi connectivity index (χ4n) is 1.36. The SMILES string of the molecule is CNC1CCN(C(=O)C(F)(F)F)C1. The van der Waals surface area contributed by atoms with Crippen molar-refractivity contribution >= 4 is 5.91 Å². The van der Waals surface area contributed by atoms with Crippen LogP contribution in [0.2, 0.25) is 0 Å². The van der Waals surface area contributed by atoms with Gasteiger partial charge in [0.25, 0.3) is 0 Å². The van der Waals surface area contributed by atoms with Gasteiger partial charge in [0.15, 0.2) is 0 Å². The van der Waals surface area contributed by atoms with Crippen LogP contribution in [0.4, 0.5) is 13.2 Å². The zero-order chi connectivity index (χ0) is 10.1. The number of rotatable bonds is 1. The van der Waals surface area contributed by atoms with Crippen LogP contribution in [-0.4, -0.2) is 43.2 Å². The van der Waals surface area contributed by atoms with Crippen molar-refractivity contribution in [3.05, 3.63) is 0 Å². The molecule has 0 aromatic heterocycles. The molecule has 1 aliphatic rings. The lowest BCUT2D eigenvalue weighted by molar-refractivity contribution is -0.184. The lowest BCUT2D eigenvalue weighted by atomic mass is 10.3. The van der Waals surface area contributed by atoms with Crippen LogP contribution in [0.1, 0.15) is 6.42 Å². The Morgan fingerprint density at radius 2 is 2.15 bits per heavy atom. The molecule has 3 nitrogen and oxygen atoms in total. The van der Waals surface area contributed by atoms with E-state index < -0.39 is 12.1 Å². The number of halogens is 3. The summed E-state index contributed by atoms with van der Waals surface area (Å²) in [5.74, 6) is -1.73. The molecule has 1 rings (SSSR count). The summed E-state index contributed by atoms with van der Waals surface area (Å²) in [5.41, 5.74) is 0. The van der Waals surface area contributed by atoms with E-state index in [9.17, 15) is 18.0 Å². The highest BCUT2D eigenvalue weighted by molar-refractivity contribution is 5.82. The smallest absolute Gasteiger partial charge is 0.333 e. The molecule has 76 valence electrons. The van der Waals surface area contributed by atoms with Crippen LogP contribution < -0.4 is 5.32 Å². The summed E-state index contributed by atoms with van der Waals surface area (Å²) < 4.78 is 35.8. The Labute approximate surface area is 73.9 Å². The summed E-state index contributed by atoms with van der Waals surface area (Å²) in [5, 5.41) is 2.84. The molecule has 0 radical (unpaired) electrons. The fourth-order valence-corrected chi connectivity index (χ4v) is 1.36. The quantitative estimate of drug-likeness (QED) is 0.657. The van der Waals surface area contributed by atoms with Crippen LogP contribution >= 0.6 is 0 Å². The number of nitrogens with zero attached hydrogens (tertiary/aromatic N) is 1. The van der Waals surface area contributed by atoms with Gasteiger partial charge < -0.3 is 10.2 Å². The normalized spacial score (nSPS) is 23.7. The third-order valence-corrected chi connectivity index (χ3v) is 2.13. The standard InChI is InChI=1S/C7H11F3N2O/c1-11-5-2-3-12(4-5)6(13)7(8,9)10/h5,11H,2-4H2,1H3. The predicted octanol–water partition coefficient (Wildman–Crippen LogP) is 0.369. The van der Waals surface area contributed by atoms with Crippen LogP contribution in [0, 0.1) is 0 Å². The van der Waals surface area contributed by atoms with Crippen molar-refractivity contribution < 1.29 is 18.0 Å². The van der Waals surface area contributed by atoms with Gasteiger partial charge in [-0.25, -0.2) is 0 Å². The van der Waals surface area contributed by atoms with Crippen molar-refractivity contribution in [3.8, 4) is 0 Å². The van der Waals surface area contributed by atoms with Crippen LogP contribution in [0.3, 0.4) is 0 Å². The van der Waals surface area contributed by atoms with Crippen molar-refractivity contribution in [2.24, 2.45) is 0 Å². The fraction of sp³-hybridized carbons (Fsp3) is 0.857. The molecular weight excluding hydrogens is 185 g/mol. The maximum atomic E-state index is 11.9. The highest BCUT2D eigenvalue weighted by atomic mass is 19.4. The van der Waals surface area contributed by atoms with Crippen LogP contribution in [0.15, 0.2) is 0 Å². The minimum atomic E-state index is -4.73. The summed E-state index contributed by atoms with van der Waals surface area (Å²) in [4.78, 5) is 11.5. The van der Waals surface area contributed by atoms with E-state index in [1.807, 2.05) is 0 Å². The second-order valence-electron chi connectivity index (χ2n) is 3.02. The van der Waals surface area contributed by atoms with Gasteiger partial charge >= 0.3 is 12.1 Å². The summed E-state index contributed by atoms with van der Waals surface area (Å²) in [6.45, 7) is 0.332. The third-order valence-electron chi connectivity index (χ3n) is 2.13. The van der Waals surface area contributed by atoms with Gasteiger partial charge in [0, 0.05) is 19.1 Å². The number of hydrogen-bond acceptors (Lipinski definition) is 2. The van der Waals surface area contributed by atoms with Crippen molar-refractivity contribution in [2.75, 3.05) is 20.1 Å². The van der Waals surface area contributed by atoms with Gasteiger partial charge in [0.1, 0.15) is 0 Å². The molecule has 1 heterocycles. The molecule has 6 heteroatoms. The second-order valence-corrected chi connectivity index (χ2v) is 3.02. The van der Waals surface area contributed by atoms with Gasteiger partial charge in [-0.3, -0.25) is 4.79 Å². The molecule has 0 aliphatic carbocycles. The molecule has 13 heavy (non-hydrogen) atoms. The van der Waals surface area contributed by atoms with Gasteiger partial charge in [-0.15, -0.1) is 0 Å². The van der Waals surface area contributed by atoms with E-state index >= 15 is 0 Å². The zero-order valence-corrected chi connectivity index (χ0v) is 7.19. The van der Waals surface area contributed by atoms with E-state index in [1.165, 1.54) is 0 Å². The van der Waals surface area contributed by atoms with E-state index in [2.05, 4.69) is 5.32 Å². The van der Waals surface area contributed by atoms with E-state index in [4.69, 9.17) is 0 Å². The number of alkyl halides is 3. The first-order valence-electron chi connectivity index (χ1n) is 3.98. The largest absolute Gasteiger partial charge is 0.471 e. The van der Waals surface area contributed by atoms with E-state index in [0.717, 1.165) is 4.90 Å². The van der Waals surface area contributed by atoms with Crippen LogP contribution in [0.5, 0.6) is 0 Å². The Hall–Kier alpha value is -0.780. The van der Waals surface area contributed by atoms with Gasteiger partial charge in [-0.1, -0.05) is 0 Å². The van der Waals surface area contributed by atoms with Crippen molar-refractivity contribution in [1.29, 1.82) is 0 Å². The number of hydrogen-bond donors (Lipinski definition) is 1. The number of amides is 1. The predicted molar refractivity (Wildman–Crippen MR) is 40.1 cm³/mol. The topological polar surface area (TPSA) is 32.3 Å². The Kier molecular flexibility index (Phi) is 2.80. The Morgan fingerprint density at radius 1 is 1.54 bits per heavy atom. The Bertz CT molecular complexity index is 204. The lowest BCUT2D eigenvalue weighted by Crippen LogP contribution is -2.41. The number of likely N-dealkylation sites (tertiary alicyclic amines) is 1. The van der Waals surface area contributed by atoms with Gasteiger partial charge in [-0.05, 0) is 13.5 Å². The first-order valence-corrected chi connectivity index (χ1v) is 3.98. The first kappa shape index (κ1) is 10.3. The number of likely N-dealkylation sites (N-methyl/N-ethyl adjacent to an activating group) is 1. The highest BCUT2D eigenvalue weighted by Gasteiger charge is 2.44. The summed E-state index contributed by atoms with van der Waals surface area (Å²) in [7, 11) is 1.67. The molecule has 0 saturated carbocycles. The van der Waals surface area contributed by atoms with Crippen molar-refractivity contribution in [1.82, 2.24) is 10.2 Å². The van der Waals surface area contributed by atoms with Gasteiger partial charge in [-0.2, -0.15) is 13.2 Å². The maximum Gasteiger partial charge on any atom is 0.471 e. The highest BCUT2D eigenvalue weighted by Crippen LogP contribution is 2.21. The van der Waals surface area contributed by atoms with Crippen molar-refractivity contribution in [2.45, 2.75) is 18.6 Å². The minimum absolute atomic E-state index is 0.00806. The molecule has 1 saturated heterocycles. The number of nitrogens with one attached hydrogen (secondary N) is 1. The second kappa shape index (κ2) is 3.53. The molecule has 0 spiro atoms. The maximum absolute atomic E-state index is 11.9. The minimum Gasteiger partial charge on any atom is -0.333 e. The number of carbonyl (C=O) groups excluding carboxylic acids is 1. The molecule has 0 aromatic carbocycles. The molecule has 1 unspecified atom stereocenters. The zero-order valence-electron chi connectivity index (χ0n) is 7.19. The summed E-state index contributed by atoms with van der Waals surface area (Å²) in [6.07, 6.45) is -4.15. The molecule has 1 aliphatic heterocycles. The molecule has 1 fully saturated rings. The molecular formula is C7H11F3N2O. The monoisotopic (exact) mass is 196 g/mol. The third kappa shape index (κ3) is 2.33. The van der Waals surface area contributed by atoms with Crippen LogP contribution in [-0.2, 0) is 4.79 Å².